The van der Waals surface area contributed by atoms with Gasteiger partial charge in [-0.05, 0) is 26.0 Å². The van der Waals surface area contributed by atoms with Gasteiger partial charge in [0.2, 0.25) is 5.78 Å². The highest BCUT2D eigenvalue weighted by molar-refractivity contribution is 6.07. The van der Waals surface area contributed by atoms with Gasteiger partial charge in [-0.3, -0.25) is 4.79 Å². The number of hydrogen-bond acceptors (Lipinski definition) is 1. The predicted octanol–water partition coefficient (Wildman–Crippen LogP) is 3.30. The molecule has 1 aromatic carbocycles. The van der Waals surface area contributed by atoms with E-state index in [0.717, 1.165) is 11.3 Å². The van der Waals surface area contributed by atoms with Gasteiger partial charge in [-0.2, -0.15) is 0 Å². The van der Waals surface area contributed by atoms with E-state index in [1.54, 1.807) is 0 Å². The van der Waals surface area contributed by atoms with Crippen molar-refractivity contribution in [1.29, 1.82) is 0 Å². The third-order valence-corrected chi connectivity index (χ3v) is 2.60. The second-order valence-corrected chi connectivity index (χ2v) is 4.09. The summed E-state index contributed by atoms with van der Waals surface area (Å²) in [5.41, 5.74) is 1.49. The van der Waals surface area contributed by atoms with Gasteiger partial charge in [0.05, 0.1) is 5.69 Å². The average Bonchev–Trinajstić information content (AvgIpc) is 2.78. The molecule has 0 saturated carbocycles. The number of aromatic nitrogens is 1. The molecule has 1 heterocycles. The fourth-order valence-electron chi connectivity index (χ4n) is 1.77. The van der Waals surface area contributed by atoms with E-state index in [1.807, 2.05) is 53.2 Å². The van der Waals surface area contributed by atoms with Crippen molar-refractivity contribution < 1.29 is 4.79 Å². The van der Waals surface area contributed by atoms with Gasteiger partial charge >= 0.3 is 0 Å². The predicted molar refractivity (Wildman–Crippen MR) is 64.7 cm³/mol. The minimum absolute atomic E-state index is 0.0827. The second kappa shape index (κ2) is 4.35. The van der Waals surface area contributed by atoms with Crippen molar-refractivity contribution in [1.82, 2.24) is 4.57 Å². The van der Waals surface area contributed by atoms with Crippen molar-refractivity contribution in [3.05, 3.63) is 59.9 Å². The van der Waals surface area contributed by atoms with Gasteiger partial charge in [-0.25, -0.2) is 0 Å². The minimum Gasteiger partial charge on any atom is -0.342 e. The Morgan fingerprint density at radius 2 is 1.75 bits per heavy atom. The molecule has 0 N–H and O–H groups in total. The third-order valence-electron chi connectivity index (χ3n) is 2.60. The summed E-state index contributed by atoms with van der Waals surface area (Å²) >= 11 is 0. The quantitative estimate of drug-likeness (QED) is 0.717. The van der Waals surface area contributed by atoms with E-state index in [9.17, 15) is 4.79 Å². The Labute approximate surface area is 95.5 Å². The van der Waals surface area contributed by atoms with Crippen LogP contribution >= 0.6 is 0 Å². The van der Waals surface area contributed by atoms with Gasteiger partial charge in [-0.1, -0.05) is 30.3 Å². The fraction of sp³-hybridized carbons (Fsp3) is 0.214. The molecule has 0 amide bonds. The van der Waals surface area contributed by atoms with Gasteiger partial charge in [0.25, 0.3) is 0 Å². The van der Waals surface area contributed by atoms with Crippen molar-refractivity contribution in [3.8, 4) is 0 Å². The molecule has 2 heteroatoms. The monoisotopic (exact) mass is 213 g/mol. The Balaban J connectivity index is 2.39. The summed E-state index contributed by atoms with van der Waals surface area (Å²) in [6.07, 6.45) is 1.95. The molecule has 0 unspecified atom stereocenters. The van der Waals surface area contributed by atoms with Crippen molar-refractivity contribution >= 4 is 5.78 Å². The van der Waals surface area contributed by atoms with Crippen LogP contribution in [0, 0.1) is 0 Å². The van der Waals surface area contributed by atoms with Gasteiger partial charge in [-0.15, -0.1) is 0 Å². The first-order valence-electron chi connectivity index (χ1n) is 5.46. The van der Waals surface area contributed by atoms with Crippen LogP contribution in [-0.2, 0) is 0 Å². The first-order valence-corrected chi connectivity index (χ1v) is 5.46. The lowest BCUT2D eigenvalue weighted by Crippen LogP contribution is -2.11. The van der Waals surface area contributed by atoms with E-state index in [-0.39, 0.29) is 5.78 Å². The fourth-order valence-corrected chi connectivity index (χ4v) is 1.77. The number of hydrogen-bond donors (Lipinski definition) is 0. The summed E-state index contributed by atoms with van der Waals surface area (Å²) in [6, 6.07) is 13.5. The molecule has 1 aromatic heterocycles. The molecule has 0 spiro atoms. The molecule has 2 nitrogen and oxygen atoms in total. The summed E-state index contributed by atoms with van der Waals surface area (Å²) in [7, 11) is 0. The Morgan fingerprint density at radius 3 is 2.38 bits per heavy atom. The van der Waals surface area contributed by atoms with Crippen LogP contribution in [0.25, 0.3) is 0 Å². The standard InChI is InChI=1S/C14H15NO/c1-11(2)15-10-6-9-13(15)14(16)12-7-4-3-5-8-12/h3-11H,1-2H3. The molecular weight excluding hydrogens is 198 g/mol. The van der Waals surface area contributed by atoms with Crippen molar-refractivity contribution in [2.24, 2.45) is 0 Å². The van der Waals surface area contributed by atoms with Gasteiger partial charge in [0, 0.05) is 17.8 Å². The average molecular weight is 213 g/mol. The molecule has 0 radical (unpaired) electrons. The zero-order valence-corrected chi connectivity index (χ0v) is 9.55. The number of ketones is 1. The first kappa shape index (κ1) is 10.7. The topological polar surface area (TPSA) is 22.0 Å². The maximum atomic E-state index is 12.2. The molecule has 0 bridgehead atoms. The van der Waals surface area contributed by atoms with E-state index in [2.05, 4.69) is 13.8 Å². The molecule has 0 aliphatic carbocycles. The number of benzene rings is 1. The largest absolute Gasteiger partial charge is 0.342 e. The number of carbonyl (C=O) groups is 1. The summed E-state index contributed by atoms with van der Waals surface area (Å²) in [5, 5.41) is 0. The molecule has 82 valence electrons. The van der Waals surface area contributed by atoms with E-state index in [1.165, 1.54) is 0 Å². The maximum absolute atomic E-state index is 12.2. The van der Waals surface area contributed by atoms with Crippen molar-refractivity contribution in [3.63, 3.8) is 0 Å². The first-order chi connectivity index (χ1) is 7.70. The van der Waals surface area contributed by atoms with Crippen LogP contribution in [0.4, 0.5) is 0 Å². The maximum Gasteiger partial charge on any atom is 0.209 e. The van der Waals surface area contributed by atoms with Gasteiger partial charge < -0.3 is 4.57 Å². The zero-order chi connectivity index (χ0) is 11.5. The van der Waals surface area contributed by atoms with Crippen LogP contribution < -0.4 is 0 Å². The van der Waals surface area contributed by atoms with Crippen LogP contribution in [-0.4, -0.2) is 10.4 Å². The molecule has 2 rings (SSSR count). The molecule has 16 heavy (non-hydrogen) atoms. The normalized spacial score (nSPS) is 10.7. The Kier molecular flexibility index (Phi) is 2.91. The van der Waals surface area contributed by atoms with Crippen molar-refractivity contribution in [2.75, 3.05) is 0 Å². The summed E-state index contributed by atoms with van der Waals surface area (Å²) < 4.78 is 2.00. The van der Waals surface area contributed by atoms with Gasteiger partial charge in [0.15, 0.2) is 0 Å². The van der Waals surface area contributed by atoms with Crippen LogP contribution in [0.5, 0.6) is 0 Å². The second-order valence-electron chi connectivity index (χ2n) is 4.09. The number of carbonyl (C=O) groups excluding carboxylic acids is 1. The molecule has 0 aliphatic rings. The zero-order valence-electron chi connectivity index (χ0n) is 9.55. The van der Waals surface area contributed by atoms with E-state index in [4.69, 9.17) is 0 Å². The molecule has 0 atom stereocenters. The molecule has 0 saturated heterocycles. The van der Waals surface area contributed by atoms with Crippen LogP contribution in [0.1, 0.15) is 35.9 Å². The minimum atomic E-state index is 0.0827. The van der Waals surface area contributed by atoms with Crippen LogP contribution in [0.2, 0.25) is 0 Å². The van der Waals surface area contributed by atoms with Crippen molar-refractivity contribution in [2.45, 2.75) is 19.9 Å². The highest BCUT2D eigenvalue weighted by Crippen LogP contribution is 2.15. The number of rotatable bonds is 3. The van der Waals surface area contributed by atoms with Crippen LogP contribution in [0.15, 0.2) is 48.7 Å². The lowest BCUT2D eigenvalue weighted by molar-refractivity contribution is 0.102. The van der Waals surface area contributed by atoms with E-state index < -0.39 is 0 Å². The Hall–Kier alpha value is -1.83. The van der Waals surface area contributed by atoms with E-state index in [0.29, 0.717) is 6.04 Å². The summed E-state index contributed by atoms with van der Waals surface area (Å²) in [4.78, 5) is 12.2. The lowest BCUT2D eigenvalue weighted by atomic mass is 10.1. The van der Waals surface area contributed by atoms with Crippen LogP contribution in [0.3, 0.4) is 0 Å². The SMILES string of the molecule is CC(C)n1cccc1C(=O)c1ccccc1. The Morgan fingerprint density at radius 1 is 1.06 bits per heavy atom. The highest BCUT2D eigenvalue weighted by Gasteiger charge is 2.13. The third kappa shape index (κ3) is 1.91. The molecule has 0 aliphatic heterocycles. The molecule has 2 aromatic rings. The molecule has 0 fully saturated rings. The Bertz CT molecular complexity index is 482. The molecular formula is C14H15NO. The lowest BCUT2D eigenvalue weighted by Gasteiger charge is -2.11. The summed E-state index contributed by atoms with van der Waals surface area (Å²) in [5.74, 6) is 0.0827. The highest BCUT2D eigenvalue weighted by atomic mass is 16.1. The van der Waals surface area contributed by atoms with Gasteiger partial charge in [0.1, 0.15) is 0 Å². The smallest absolute Gasteiger partial charge is 0.209 e. The number of nitrogens with zero attached hydrogens (tertiary/aromatic N) is 1. The summed E-state index contributed by atoms with van der Waals surface area (Å²) in [6.45, 7) is 4.14. The van der Waals surface area contributed by atoms with E-state index >= 15 is 0 Å².